The third-order valence-corrected chi connectivity index (χ3v) is 6.82. The summed E-state index contributed by atoms with van der Waals surface area (Å²) in [6, 6.07) is 21.0. The minimum absolute atomic E-state index is 0.274. The maximum atomic E-state index is 13.7. The maximum Gasteiger partial charge on any atom is 0.173 e. The van der Waals surface area contributed by atoms with Crippen molar-refractivity contribution in [1.82, 2.24) is 4.90 Å². The van der Waals surface area contributed by atoms with Crippen LogP contribution in [0, 0.1) is 11.6 Å². The molecule has 0 bridgehead atoms. The lowest BCUT2D eigenvalue weighted by Crippen LogP contribution is -2.28. The third-order valence-electron chi connectivity index (χ3n) is 6.82. The molecule has 5 nitrogen and oxygen atoms in total. The van der Waals surface area contributed by atoms with Gasteiger partial charge in [0.05, 0.1) is 20.8 Å². The molecule has 1 aliphatic rings. The zero-order chi connectivity index (χ0) is 26.0. The highest BCUT2D eigenvalue weighted by Gasteiger charge is 2.38. The van der Waals surface area contributed by atoms with Gasteiger partial charge in [0, 0.05) is 18.2 Å². The van der Waals surface area contributed by atoms with Gasteiger partial charge in [-0.2, -0.15) is 0 Å². The fraction of sp³-hybridized carbons (Fsp3) is 0.267. The number of aliphatic hydroxyl groups is 1. The van der Waals surface area contributed by atoms with Crippen molar-refractivity contribution < 1.29 is 27.8 Å². The van der Waals surface area contributed by atoms with E-state index >= 15 is 0 Å². The van der Waals surface area contributed by atoms with E-state index in [9.17, 15) is 13.9 Å². The van der Waals surface area contributed by atoms with E-state index in [0.717, 1.165) is 18.4 Å². The molecule has 192 valence electrons. The van der Waals surface area contributed by atoms with Crippen molar-refractivity contribution in [2.45, 2.75) is 37.6 Å². The normalized spacial score (nSPS) is 13.7. The maximum absolute atomic E-state index is 13.7. The summed E-state index contributed by atoms with van der Waals surface area (Å²) in [5.41, 5.74) is 0.123. The van der Waals surface area contributed by atoms with Crippen LogP contribution in [0.4, 0.5) is 8.78 Å². The highest BCUT2D eigenvalue weighted by molar-refractivity contribution is 5.47. The minimum atomic E-state index is -1.72. The second-order valence-corrected chi connectivity index (χ2v) is 9.28. The Morgan fingerprint density at radius 1 is 0.838 bits per heavy atom. The second kappa shape index (κ2) is 10.4. The lowest BCUT2D eigenvalue weighted by molar-refractivity contribution is 0.0948. The van der Waals surface area contributed by atoms with Crippen LogP contribution in [0.25, 0.3) is 0 Å². The molecule has 0 radical (unpaired) electrons. The number of para-hydroxylation sites is 1. The zero-order valence-electron chi connectivity index (χ0n) is 20.8. The lowest BCUT2D eigenvalue weighted by atomic mass is 9.84. The fourth-order valence-electron chi connectivity index (χ4n) is 4.74. The Balaban J connectivity index is 1.46. The van der Waals surface area contributed by atoms with Gasteiger partial charge in [0.15, 0.2) is 17.1 Å². The molecule has 7 heteroatoms. The number of methoxy groups -OCH3 is 2. The van der Waals surface area contributed by atoms with E-state index in [1.54, 1.807) is 20.3 Å². The summed E-state index contributed by atoms with van der Waals surface area (Å²) in [5, 5.41) is 12.0. The third kappa shape index (κ3) is 5.10. The van der Waals surface area contributed by atoms with Gasteiger partial charge in [-0.25, -0.2) is 8.78 Å². The number of furan rings is 1. The molecule has 1 heterocycles. The number of hydrogen-bond donors (Lipinski definition) is 1. The first-order valence-corrected chi connectivity index (χ1v) is 12.2. The predicted octanol–water partition coefficient (Wildman–Crippen LogP) is 6.02. The van der Waals surface area contributed by atoms with Crippen molar-refractivity contribution in [3.63, 3.8) is 0 Å². The first-order chi connectivity index (χ1) is 17.9. The van der Waals surface area contributed by atoms with E-state index in [-0.39, 0.29) is 5.76 Å². The average molecular weight is 506 g/mol. The molecule has 0 spiro atoms. The molecule has 0 saturated heterocycles. The number of ether oxygens (including phenoxy) is 2. The van der Waals surface area contributed by atoms with E-state index in [0.29, 0.717) is 47.5 Å². The van der Waals surface area contributed by atoms with Crippen LogP contribution in [0.2, 0.25) is 0 Å². The monoisotopic (exact) mass is 505 g/mol. The first kappa shape index (κ1) is 25.0. The van der Waals surface area contributed by atoms with Crippen LogP contribution in [0.15, 0.2) is 83.3 Å². The molecule has 0 amide bonds. The van der Waals surface area contributed by atoms with Crippen LogP contribution in [0.5, 0.6) is 11.5 Å². The van der Waals surface area contributed by atoms with Crippen molar-refractivity contribution in [3.05, 3.63) is 119 Å². The van der Waals surface area contributed by atoms with Crippen LogP contribution in [0.3, 0.4) is 0 Å². The van der Waals surface area contributed by atoms with E-state index in [2.05, 4.69) is 4.90 Å². The SMILES string of the molecule is COc1cccc(CN(Cc2ccc(C(O)(c3ccc(F)cc3)c3ccc(F)cc3)o2)C2CC2)c1OC. The molecule has 1 aliphatic carbocycles. The van der Waals surface area contributed by atoms with Crippen LogP contribution < -0.4 is 9.47 Å². The smallest absolute Gasteiger partial charge is 0.173 e. The summed E-state index contributed by atoms with van der Waals surface area (Å²) in [6.45, 7) is 1.16. The molecule has 0 aliphatic heterocycles. The topological polar surface area (TPSA) is 55.1 Å². The number of halogens is 2. The van der Waals surface area contributed by atoms with Crippen molar-refractivity contribution in [2.75, 3.05) is 14.2 Å². The van der Waals surface area contributed by atoms with Crippen LogP contribution in [-0.4, -0.2) is 30.3 Å². The molecule has 1 aromatic heterocycles. The summed E-state index contributed by atoms with van der Waals surface area (Å²) in [7, 11) is 3.25. The predicted molar refractivity (Wildman–Crippen MR) is 135 cm³/mol. The van der Waals surface area contributed by atoms with Crippen molar-refractivity contribution in [3.8, 4) is 11.5 Å². The summed E-state index contributed by atoms with van der Waals surface area (Å²) in [5.74, 6) is 1.50. The highest BCUT2D eigenvalue weighted by atomic mass is 19.1. The average Bonchev–Trinajstić information content (AvgIpc) is 3.66. The van der Waals surface area contributed by atoms with Gasteiger partial charge >= 0.3 is 0 Å². The van der Waals surface area contributed by atoms with E-state index in [1.165, 1.54) is 48.5 Å². The van der Waals surface area contributed by atoms with E-state index < -0.39 is 17.2 Å². The first-order valence-electron chi connectivity index (χ1n) is 12.2. The summed E-state index contributed by atoms with van der Waals surface area (Å²) in [6.07, 6.45) is 2.18. The molecule has 1 fully saturated rings. The quantitative estimate of drug-likeness (QED) is 0.286. The number of rotatable bonds is 10. The van der Waals surface area contributed by atoms with Gasteiger partial charge in [-0.1, -0.05) is 36.4 Å². The standard InChI is InChI=1S/C30H29F2NO4/c1-35-27-5-3-4-20(29(27)36-2)18-33(25-14-15-25)19-26-16-17-28(37-26)30(34,21-6-10-23(31)11-7-21)22-8-12-24(32)13-9-22/h3-13,16-17,25,34H,14-15,18-19H2,1-2H3. The van der Waals surface area contributed by atoms with Crippen molar-refractivity contribution >= 4 is 0 Å². The van der Waals surface area contributed by atoms with Crippen LogP contribution >= 0.6 is 0 Å². The molecule has 0 atom stereocenters. The number of hydrogen-bond acceptors (Lipinski definition) is 5. The summed E-state index contributed by atoms with van der Waals surface area (Å²) >= 11 is 0. The largest absolute Gasteiger partial charge is 0.493 e. The van der Waals surface area contributed by atoms with Gasteiger partial charge in [-0.05, 0) is 66.4 Å². The molecule has 3 aromatic carbocycles. The summed E-state index contributed by atoms with van der Waals surface area (Å²) < 4.78 is 44.6. The van der Waals surface area contributed by atoms with Gasteiger partial charge < -0.3 is 19.0 Å². The Morgan fingerprint density at radius 3 is 2.00 bits per heavy atom. The fourth-order valence-corrected chi connectivity index (χ4v) is 4.74. The molecule has 1 saturated carbocycles. The van der Waals surface area contributed by atoms with Crippen molar-refractivity contribution in [1.29, 1.82) is 0 Å². The van der Waals surface area contributed by atoms with E-state index in [1.807, 2.05) is 24.3 Å². The molecular formula is C30H29F2NO4. The van der Waals surface area contributed by atoms with Gasteiger partial charge in [-0.3, -0.25) is 4.90 Å². The molecule has 0 unspecified atom stereocenters. The minimum Gasteiger partial charge on any atom is -0.493 e. The molecule has 1 N–H and O–H groups in total. The zero-order valence-corrected chi connectivity index (χ0v) is 20.8. The summed E-state index contributed by atoms with van der Waals surface area (Å²) in [4.78, 5) is 2.31. The molecule has 4 aromatic rings. The number of nitrogens with zero attached hydrogens (tertiary/aromatic N) is 1. The van der Waals surface area contributed by atoms with Gasteiger partial charge in [0.1, 0.15) is 23.2 Å². The molecule has 5 rings (SSSR count). The lowest BCUT2D eigenvalue weighted by Gasteiger charge is -2.27. The Morgan fingerprint density at radius 2 is 1.46 bits per heavy atom. The van der Waals surface area contributed by atoms with Gasteiger partial charge in [-0.15, -0.1) is 0 Å². The second-order valence-electron chi connectivity index (χ2n) is 9.28. The van der Waals surface area contributed by atoms with Gasteiger partial charge in [0.2, 0.25) is 0 Å². The Kier molecular flexibility index (Phi) is 7.00. The number of benzene rings is 3. The molecular weight excluding hydrogens is 476 g/mol. The van der Waals surface area contributed by atoms with E-state index in [4.69, 9.17) is 13.9 Å². The highest BCUT2D eigenvalue weighted by Crippen LogP contribution is 2.39. The Labute approximate surface area is 214 Å². The van der Waals surface area contributed by atoms with Crippen LogP contribution in [-0.2, 0) is 18.7 Å². The van der Waals surface area contributed by atoms with Gasteiger partial charge in [0.25, 0.3) is 0 Å². The van der Waals surface area contributed by atoms with Crippen LogP contribution in [0.1, 0.15) is 41.1 Å². The Bertz CT molecular complexity index is 1300. The Hall–Kier alpha value is -3.68. The van der Waals surface area contributed by atoms with Crippen molar-refractivity contribution in [2.24, 2.45) is 0 Å². The molecule has 37 heavy (non-hydrogen) atoms.